The molecule has 0 fully saturated rings. The number of ketones is 1. The van der Waals surface area contributed by atoms with Crippen molar-refractivity contribution in [1.82, 2.24) is 5.16 Å². The largest absolute Gasteiger partial charge is 0.373 e. The molecule has 0 spiro atoms. The van der Waals surface area contributed by atoms with Gasteiger partial charge in [-0.05, 0) is 42.2 Å². The number of hydrogen-bond donors (Lipinski definition) is 1. The Hall–Kier alpha value is -2.72. The number of aryl methyl sites for hydroxylation is 2. The van der Waals surface area contributed by atoms with E-state index in [-0.39, 0.29) is 12.2 Å². The molecule has 120 valence electrons. The van der Waals surface area contributed by atoms with Crippen LogP contribution in [0.3, 0.4) is 0 Å². The highest BCUT2D eigenvalue weighted by Gasteiger charge is 2.46. The van der Waals surface area contributed by atoms with Crippen molar-refractivity contribution in [3.05, 3.63) is 76.7 Å². The van der Waals surface area contributed by atoms with Gasteiger partial charge in [0, 0.05) is 12.0 Å². The quantitative estimate of drug-likeness (QED) is 0.787. The summed E-state index contributed by atoms with van der Waals surface area (Å²) in [6.45, 7) is 3.74. The Bertz CT molecular complexity index is 923. The normalized spacial score (nSPS) is 19.5. The van der Waals surface area contributed by atoms with Crippen LogP contribution in [-0.4, -0.2) is 16.0 Å². The van der Waals surface area contributed by atoms with Crippen LogP contribution in [0, 0.1) is 13.8 Å². The maximum absolute atomic E-state index is 12.6. The van der Waals surface area contributed by atoms with E-state index in [0.29, 0.717) is 11.1 Å². The van der Waals surface area contributed by atoms with Crippen LogP contribution in [0.4, 0.5) is 0 Å². The molecule has 4 nitrogen and oxygen atoms in total. The third-order valence-electron chi connectivity index (χ3n) is 4.77. The summed E-state index contributed by atoms with van der Waals surface area (Å²) in [4.78, 5) is 12.6. The van der Waals surface area contributed by atoms with E-state index in [0.717, 1.165) is 28.1 Å². The molecule has 1 N–H and O–H groups in total. The van der Waals surface area contributed by atoms with Crippen LogP contribution < -0.4 is 0 Å². The summed E-state index contributed by atoms with van der Waals surface area (Å²) in [6.07, 6.45) is 0.239. The van der Waals surface area contributed by atoms with Gasteiger partial charge in [-0.15, -0.1) is 0 Å². The standard InChI is InChI=1S/C20H17NO3/c1-12-19(13(2)24-21-12)15-9-8-14-11-18(22)20(23,17(14)10-15)16-6-4-3-5-7-16/h3-10,23H,11H2,1-2H3/t20-/m1/s1. The lowest BCUT2D eigenvalue weighted by molar-refractivity contribution is -0.131. The number of aromatic nitrogens is 1. The molecule has 4 heteroatoms. The van der Waals surface area contributed by atoms with Crippen molar-refractivity contribution in [2.75, 3.05) is 0 Å². The van der Waals surface area contributed by atoms with Crippen LogP contribution in [-0.2, 0) is 16.8 Å². The summed E-state index contributed by atoms with van der Waals surface area (Å²) >= 11 is 0. The van der Waals surface area contributed by atoms with E-state index >= 15 is 0 Å². The molecule has 3 aromatic rings. The average molecular weight is 319 g/mol. The second-order valence-electron chi connectivity index (χ2n) is 6.25. The zero-order valence-electron chi connectivity index (χ0n) is 13.5. The van der Waals surface area contributed by atoms with Gasteiger partial charge in [-0.2, -0.15) is 0 Å². The molecule has 0 amide bonds. The van der Waals surface area contributed by atoms with Crippen molar-refractivity contribution in [3.63, 3.8) is 0 Å². The van der Waals surface area contributed by atoms with Gasteiger partial charge in [-0.3, -0.25) is 4.79 Å². The molecule has 1 atom stereocenters. The van der Waals surface area contributed by atoms with E-state index in [1.807, 2.05) is 50.2 Å². The van der Waals surface area contributed by atoms with E-state index in [9.17, 15) is 9.90 Å². The van der Waals surface area contributed by atoms with Crippen molar-refractivity contribution in [3.8, 4) is 11.1 Å². The van der Waals surface area contributed by atoms with Gasteiger partial charge in [-0.1, -0.05) is 47.6 Å². The minimum absolute atomic E-state index is 0.195. The topological polar surface area (TPSA) is 63.3 Å². The predicted octanol–water partition coefficient (Wildman–Crippen LogP) is 3.32. The third-order valence-corrected chi connectivity index (χ3v) is 4.77. The van der Waals surface area contributed by atoms with Gasteiger partial charge in [0.2, 0.25) is 0 Å². The van der Waals surface area contributed by atoms with Crippen molar-refractivity contribution in [2.45, 2.75) is 25.9 Å². The Morgan fingerprint density at radius 1 is 1.12 bits per heavy atom. The number of Topliss-reactive ketones (excluding diaryl/α,β-unsaturated/α-hetero) is 1. The molecule has 0 radical (unpaired) electrons. The molecule has 1 aromatic heterocycles. The Morgan fingerprint density at radius 2 is 1.88 bits per heavy atom. The van der Waals surface area contributed by atoms with Gasteiger partial charge in [0.25, 0.3) is 0 Å². The number of rotatable bonds is 2. The van der Waals surface area contributed by atoms with Crippen molar-refractivity contribution >= 4 is 5.78 Å². The number of carbonyl (C=O) groups excluding carboxylic acids is 1. The lowest BCUT2D eigenvalue weighted by Gasteiger charge is -2.23. The Balaban J connectivity index is 1.93. The first kappa shape index (κ1) is 14.8. The number of benzene rings is 2. The fraction of sp³-hybridized carbons (Fsp3) is 0.200. The van der Waals surface area contributed by atoms with E-state index in [1.165, 1.54) is 0 Å². The summed E-state index contributed by atoms with van der Waals surface area (Å²) in [5.41, 5.74) is 3.12. The number of nitrogens with zero attached hydrogens (tertiary/aromatic N) is 1. The average Bonchev–Trinajstić information content (AvgIpc) is 3.06. The number of fused-ring (bicyclic) bond motifs is 1. The van der Waals surface area contributed by atoms with E-state index in [4.69, 9.17) is 4.52 Å². The van der Waals surface area contributed by atoms with Gasteiger partial charge in [0.05, 0.1) is 5.69 Å². The van der Waals surface area contributed by atoms with Crippen molar-refractivity contribution < 1.29 is 14.4 Å². The second kappa shape index (κ2) is 5.14. The van der Waals surface area contributed by atoms with Crippen LogP contribution in [0.2, 0.25) is 0 Å². The summed E-state index contributed by atoms with van der Waals surface area (Å²) in [5.74, 6) is 0.527. The molecule has 1 heterocycles. The zero-order chi connectivity index (χ0) is 16.9. The van der Waals surface area contributed by atoms with Crippen LogP contribution in [0.5, 0.6) is 0 Å². The minimum atomic E-state index is -1.59. The van der Waals surface area contributed by atoms with E-state index in [2.05, 4.69) is 5.16 Å². The summed E-state index contributed by atoms with van der Waals surface area (Å²) in [5, 5.41) is 15.2. The van der Waals surface area contributed by atoms with Gasteiger partial charge >= 0.3 is 0 Å². The molecule has 1 aliphatic carbocycles. The van der Waals surface area contributed by atoms with Gasteiger partial charge in [0.15, 0.2) is 11.4 Å². The maximum Gasteiger partial charge on any atom is 0.177 e. The maximum atomic E-state index is 12.6. The number of carbonyl (C=O) groups is 1. The number of hydrogen-bond acceptors (Lipinski definition) is 4. The van der Waals surface area contributed by atoms with Crippen LogP contribution >= 0.6 is 0 Å². The first-order chi connectivity index (χ1) is 11.5. The van der Waals surface area contributed by atoms with Crippen molar-refractivity contribution in [1.29, 1.82) is 0 Å². The molecular weight excluding hydrogens is 302 g/mol. The van der Waals surface area contributed by atoms with Crippen LogP contribution in [0.1, 0.15) is 28.1 Å². The number of aliphatic hydroxyl groups is 1. The molecular formula is C20H17NO3. The highest BCUT2D eigenvalue weighted by molar-refractivity contribution is 5.98. The lowest BCUT2D eigenvalue weighted by atomic mass is 9.86. The molecule has 1 aliphatic rings. The summed E-state index contributed by atoms with van der Waals surface area (Å²) < 4.78 is 5.25. The summed E-state index contributed by atoms with van der Waals surface area (Å²) in [7, 11) is 0. The zero-order valence-corrected chi connectivity index (χ0v) is 13.5. The van der Waals surface area contributed by atoms with Gasteiger partial charge < -0.3 is 9.63 Å². The molecule has 0 unspecified atom stereocenters. The van der Waals surface area contributed by atoms with Gasteiger partial charge in [0.1, 0.15) is 5.76 Å². The predicted molar refractivity (Wildman–Crippen MR) is 89.6 cm³/mol. The SMILES string of the molecule is Cc1noc(C)c1-c1ccc2c(c1)[C@](O)(c1ccccc1)C(=O)C2. The lowest BCUT2D eigenvalue weighted by Crippen LogP contribution is -2.33. The monoisotopic (exact) mass is 319 g/mol. The molecule has 0 bridgehead atoms. The fourth-order valence-electron chi connectivity index (χ4n) is 3.56. The summed E-state index contributed by atoms with van der Waals surface area (Å²) in [6, 6.07) is 14.9. The molecule has 0 aliphatic heterocycles. The Morgan fingerprint density at radius 3 is 2.54 bits per heavy atom. The second-order valence-corrected chi connectivity index (χ2v) is 6.25. The highest BCUT2D eigenvalue weighted by Crippen LogP contribution is 2.42. The highest BCUT2D eigenvalue weighted by atomic mass is 16.5. The first-order valence-corrected chi connectivity index (χ1v) is 7.89. The molecule has 24 heavy (non-hydrogen) atoms. The Kier molecular flexibility index (Phi) is 3.18. The van der Waals surface area contributed by atoms with E-state index in [1.54, 1.807) is 12.1 Å². The first-order valence-electron chi connectivity index (χ1n) is 7.89. The third kappa shape index (κ3) is 1.96. The van der Waals surface area contributed by atoms with Gasteiger partial charge in [-0.25, -0.2) is 0 Å². The molecule has 4 rings (SSSR count). The van der Waals surface area contributed by atoms with Crippen LogP contribution in [0.25, 0.3) is 11.1 Å². The molecule has 2 aromatic carbocycles. The fourth-order valence-corrected chi connectivity index (χ4v) is 3.56. The smallest absolute Gasteiger partial charge is 0.177 e. The van der Waals surface area contributed by atoms with Crippen molar-refractivity contribution in [2.24, 2.45) is 0 Å². The minimum Gasteiger partial charge on any atom is -0.373 e. The Labute approximate surface area is 139 Å². The molecule has 0 saturated heterocycles. The van der Waals surface area contributed by atoms with E-state index < -0.39 is 5.60 Å². The van der Waals surface area contributed by atoms with Crippen LogP contribution in [0.15, 0.2) is 53.1 Å². The molecule has 0 saturated carbocycles.